The maximum atomic E-state index is 5.77. The highest BCUT2D eigenvalue weighted by atomic mass is 16.5. The van der Waals surface area contributed by atoms with Gasteiger partial charge in [-0.25, -0.2) is 0 Å². The second-order valence-corrected chi connectivity index (χ2v) is 6.03. The van der Waals surface area contributed by atoms with Crippen LogP contribution in [-0.2, 0) is 6.54 Å². The molecule has 2 aromatic heterocycles. The first-order valence-electron chi connectivity index (χ1n) is 7.71. The van der Waals surface area contributed by atoms with Crippen LogP contribution in [-0.4, -0.2) is 57.2 Å². The Morgan fingerprint density at radius 1 is 1.17 bits per heavy atom. The third-order valence-corrected chi connectivity index (χ3v) is 3.93. The van der Waals surface area contributed by atoms with Gasteiger partial charge in [-0.3, -0.25) is 4.90 Å². The van der Waals surface area contributed by atoms with Crippen molar-refractivity contribution in [3.8, 4) is 0 Å². The molecular formula is C14H22N8O. The minimum absolute atomic E-state index is 0.259. The summed E-state index contributed by atoms with van der Waals surface area (Å²) in [6, 6.07) is 0. The number of nitrogens with two attached hydrogens (primary N) is 1. The molecule has 0 saturated carbocycles. The van der Waals surface area contributed by atoms with Crippen molar-refractivity contribution in [1.29, 1.82) is 0 Å². The van der Waals surface area contributed by atoms with Gasteiger partial charge in [0.15, 0.2) is 5.82 Å². The normalized spacial score (nSPS) is 16.7. The number of piperidine rings is 1. The molecule has 0 spiro atoms. The lowest BCUT2D eigenvalue weighted by Gasteiger charge is -2.29. The largest absolute Gasteiger partial charge is 0.368 e. The molecule has 23 heavy (non-hydrogen) atoms. The van der Waals surface area contributed by atoms with Crippen LogP contribution in [0.25, 0.3) is 0 Å². The first-order chi connectivity index (χ1) is 11.0. The summed E-state index contributed by atoms with van der Waals surface area (Å²) in [5, 5.41) is 3.87. The van der Waals surface area contributed by atoms with Crippen molar-refractivity contribution < 1.29 is 4.52 Å². The number of nitrogen functional groups attached to an aromatic ring is 1. The van der Waals surface area contributed by atoms with E-state index in [0.717, 1.165) is 31.8 Å². The molecule has 9 heteroatoms. The molecule has 1 aliphatic rings. The van der Waals surface area contributed by atoms with Crippen LogP contribution in [0.4, 0.5) is 11.9 Å². The molecule has 0 aromatic carbocycles. The number of anilines is 2. The van der Waals surface area contributed by atoms with Gasteiger partial charge in [0.1, 0.15) is 5.82 Å². The highest BCUT2D eigenvalue weighted by Crippen LogP contribution is 2.27. The molecule has 3 heterocycles. The molecule has 0 amide bonds. The van der Waals surface area contributed by atoms with Gasteiger partial charge in [-0.05, 0) is 32.9 Å². The van der Waals surface area contributed by atoms with Gasteiger partial charge in [-0.15, -0.1) is 0 Å². The van der Waals surface area contributed by atoms with E-state index in [9.17, 15) is 0 Å². The van der Waals surface area contributed by atoms with Gasteiger partial charge < -0.3 is 15.2 Å². The number of likely N-dealkylation sites (tertiary alicyclic amines) is 1. The molecule has 0 bridgehead atoms. The molecule has 2 N–H and O–H groups in total. The van der Waals surface area contributed by atoms with Crippen molar-refractivity contribution in [2.24, 2.45) is 0 Å². The molecule has 3 rings (SSSR count). The summed E-state index contributed by atoms with van der Waals surface area (Å²) in [7, 11) is 3.77. The smallest absolute Gasteiger partial charge is 0.229 e. The fourth-order valence-corrected chi connectivity index (χ4v) is 2.71. The lowest BCUT2D eigenvalue weighted by molar-refractivity contribution is 0.184. The molecule has 1 saturated heterocycles. The van der Waals surface area contributed by atoms with Crippen LogP contribution in [0.1, 0.15) is 36.3 Å². The molecule has 1 fully saturated rings. The zero-order chi connectivity index (χ0) is 16.4. The second kappa shape index (κ2) is 6.45. The van der Waals surface area contributed by atoms with Crippen molar-refractivity contribution in [2.75, 3.05) is 37.8 Å². The van der Waals surface area contributed by atoms with Gasteiger partial charge in [0.2, 0.25) is 17.8 Å². The fraction of sp³-hybridized carbons (Fsp3) is 0.643. The van der Waals surface area contributed by atoms with Crippen molar-refractivity contribution >= 4 is 11.9 Å². The first-order valence-corrected chi connectivity index (χ1v) is 7.71. The molecule has 9 nitrogen and oxygen atoms in total. The van der Waals surface area contributed by atoms with E-state index in [2.05, 4.69) is 30.0 Å². The minimum Gasteiger partial charge on any atom is -0.368 e. The molecule has 2 aromatic rings. The first kappa shape index (κ1) is 15.6. The van der Waals surface area contributed by atoms with Crippen LogP contribution in [0.3, 0.4) is 0 Å². The van der Waals surface area contributed by atoms with Gasteiger partial charge in [-0.2, -0.15) is 19.9 Å². The van der Waals surface area contributed by atoms with E-state index in [1.807, 2.05) is 25.9 Å². The van der Waals surface area contributed by atoms with E-state index < -0.39 is 0 Å². The van der Waals surface area contributed by atoms with Gasteiger partial charge in [-0.1, -0.05) is 5.16 Å². The van der Waals surface area contributed by atoms with Crippen LogP contribution in [0.2, 0.25) is 0 Å². The second-order valence-electron chi connectivity index (χ2n) is 6.03. The summed E-state index contributed by atoms with van der Waals surface area (Å²) in [5.74, 6) is 3.33. The molecule has 0 unspecified atom stereocenters. The van der Waals surface area contributed by atoms with Gasteiger partial charge in [0, 0.05) is 20.0 Å². The number of hydrogen-bond acceptors (Lipinski definition) is 9. The topological polar surface area (TPSA) is 110 Å². The number of aryl methyl sites for hydroxylation is 1. The Morgan fingerprint density at radius 3 is 2.52 bits per heavy atom. The summed E-state index contributed by atoms with van der Waals surface area (Å²) in [6.45, 7) is 4.39. The van der Waals surface area contributed by atoms with Gasteiger partial charge >= 0.3 is 0 Å². The maximum Gasteiger partial charge on any atom is 0.229 e. The Bertz CT molecular complexity index is 663. The number of nitrogens with zero attached hydrogens (tertiary/aromatic N) is 7. The third kappa shape index (κ3) is 3.73. The molecule has 124 valence electrons. The summed E-state index contributed by atoms with van der Waals surface area (Å²) >= 11 is 0. The Kier molecular flexibility index (Phi) is 4.37. The van der Waals surface area contributed by atoms with E-state index in [-0.39, 0.29) is 5.95 Å². The Labute approximate surface area is 134 Å². The third-order valence-electron chi connectivity index (χ3n) is 3.93. The van der Waals surface area contributed by atoms with Crippen molar-refractivity contribution in [3.63, 3.8) is 0 Å². The van der Waals surface area contributed by atoms with Crippen molar-refractivity contribution in [3.05, 3.63) is 17.5 Å². The Hall–Kier alpha value is -2.29. The number of hydrogen-bond donors (Lipinski definition) is 1. The monoisotopic (exact) mass is 318 g/mol. The summed E-state index contributed by atoms with van der Waals surface area (Å²) in [4.78, 5) is 21.3. The van der Waals surface area contributed by atoms with Crippen LogP contribution in [0, 0.1) is 6.92 Å². The van der Waals surface area contributed by atoms with Crippen LogP contribution < -0.4 is 10.6 Å². The summed E-state index contributed by atoms with van der Waals surface area (Å²) in [5.41, 5.74) is 5.77. The van der Waals surface area contributed by atoms with E-state index in [1.165, 1.54) is 0 Å². The van der Waals surface area contributed by atoms with Crippen LogP contribution >= 0.6 is 0 Å². The van der Waals surface area contributed by atoms with Crippen LogP contribution in [0.15, 0.2) is 4.52 Å². The van der Waals surface area contributed by atoms with E-state index in [0.29, 0.717) is 30.1 Å². The minimum atomic E-state index is 0.259. The molecule has 0 atom stereocenters. The maximum absolute atomic E-state index is 5.77. The fourth-order valence-electron chi connectivity index (χ4n) is 2.71. The number of aromatic nitrogens is 5. The summed E-state index contributed by atoms with van der Waals surface area (Å²) < 4.78 is 5.28. The molecule has 1 aliphatic heterocycles. The van der Waals surface area contributed by atoms with Gasteiger partial charge in [0.05, 0.1) is 6.54 Å². The predicted molar refractivity (Wildman–Crippen MR) is 84.9 cm³/mol. The van der Waals surface area contributed by atoms with E-state index in [4.69, 9.17) is 10.3 Å². The quantitative estimate of drug-likeness (QED) is 0.865. The summed E-state index contributed by atoms with van der Waals surface area (Å²) in [6.07, 6.45) is 1.98. The highest BCUT2D eigenvalue weighted by molar-refractivity contribution is 5.32. The highest BCUT2D eigenvalue weighted by Gasteiger charge is 2.25. The molecular weight excluding hydrogens is 296 g/mol. The van der Waals surface area contributed by atoms with Crippen LogP contribution in [0.5, 0.6) is 0 Å². The average molecular weight is 318 g/mol. The molecule has 0 aliphatic carbocycles. The zero-order valence-corrected chi connectivity index (χ0v) is 13.7. The van der Waals surface area contributed by atoms with E-state index in [1.54, 1.807) is 0 Å². The van der Waals surface area contributed by atoms with Crippen molar-refractivity contribution in [2.45, 2.75) is 32.2 Å². The van der Waals surface area contributed by atoms with E-state index >= 15 is 0 Å². The SMILES string of the molecule is Cc1noc(C2CCN(Cc3nc(N)nc(N(C)C)n3)CC2)n1. The standard InChI is InChI=1S/C14H22N8O/c1-9-16-12(23-20-9)10-4-6-22(7-5-10)8-11-17-13(15)19-14(18-11)21(2)3/h10H,4-8H2,1-3H3,(H2,15,17,18,19). The zero-order valence-electron chi connectivity index (χ0n) is 13.7. The average Bonchev–Trinajstić information content (AvgIpc) is 2.94. The van der Waals surface area contributed by atoms with Crippen molar-refractivity contribution in [1.82, 2.24) is 30.0 Å². The number of rotatable bonds is 4. The molecule has 0 radical (unpaired) electrons. The predicted octanol–water partition coefficient (Wildman–Crippen LogP) is 0.591. The Morgan fingerprint density at radius 2 is 1.91 bits per heavy atom. The Balaban J connectivity index is 1.60. The lowest BCUT2D eigenvalue weighted by Crippen LogP contribution is -2.33. The lowest BCUT2D eigenvalue weighted by atomic mass is 9.97. The van der Waals surface area contributed by atoms with Gasteiger partial charge in [0.25, 0.3) is 0 Å².